The van der Waals surface area contributed by atoms with Crippen molar-refractivity contribution in [2.24, 2.45) is 5.84 Å². The van der Waals surface area contributed by atoms with Gasteiger partial charge in [0.15, 0.2) is 0 Å². The first-order valence-corrected chi connectivity index (χ1v) is 6.14. The maximum atomic E-state index is 11.9. The van der Waals surface area contributed by atoms with Crippen LogP contribution in [0.25, 0.3) is 0 Å². The lowest BCUT2D eigenvalue weighted by molar-refractivity contribution is -0.384. The second-order valence-corrected chi connectivity index (χ2v) is 4.07. The first-order chi connectivity index (χ1) is 9.11. The van der Waals surface area contributed by atoms with Gasteiger partial charge in [0.2, 0.25) is 0 Å². The number of hydrogen-bond acceptors (Lipinski definition) is 5. The molecule has 0 saturated heterocycles. The standard InChI is InChI=1S/C12H18N4O3/c1-2-3-4-8-14-12(17)9-6-5-7-10(15-13)11(9)16(18)19/h5-7,15H,2-4,8,13H2,1H3,(H,14,17). The van der Waals surface area contributed by atoms with Gasteiger partial charge in [0, 0.05) is 6.54 Å². The van der Waals surface area contributed by atoms with Crippen molar-refractivity contribution in [2.45, 2.75) is 26.2 Å². The molecule has 0 aliphatic heterocycles. The van der Waals surface area contributed by atoms with Crippen LogP contribution in [0.3, 0.4) is 0 Å². The summed E-state index contributed by atoms with van der Waals surface area (Å²) in [6, 6.07) is 4.41. The van der Waals surface area contributed by atoms with Crippen LogP contribution in [0.2, 0.25) is 0 Å². The molecule has 1 aromatic rings. The van der Waals surface area contributed by atoms with Gasteiger partial charge in [-0.25, -0.2) is 0 Å². The summed E-state index contributed by atoms with van der Waals surface area (Å²) >= 11 is 0. The van der Waals surface area contributed by atoms with E-state index in [1.807, 2.05) is 0 Å². The second-order valence-electron chi connectivity index (χ2n) is 4.07. The predicted octanol–water partition coefficient (Wildman–Crippen LogP) is 1.80. The number of nitro groups is 1. The smallest absolute Gasteiger partial charge is 0.306 e. The first kappa shape index (κ1) is 14.9. The van der Waals surface area contributed by atoms with Crippen LogP contribution in [0, 0.1) is 10.1 Å². The van der Waals surface area contributed by atoms with Gasteiger partial charge in [-0.15, -0.1) is 0 Å². The fourth-order valence-electron chi connectivity index (χ4n) is 1.71. The fraction of sp³-hybridized carbons (Fsp3) is 0.417. The number of unbranched alkanes of at least 4 members (excludes halogenated alkanes) is 2. The van der Waals surface area contributed by atoms with Crippen molar-refractivity contribution >= 4 is 17.3 Å². The highest BCUT2D eigenvalue weighted by atomic mass is 16.6. The number of hydrazine groups is 1. The normalized spacial score (nSPS) is 10.0. The Morgan fingerprint density at radius 3 is 2.74 bits per heavy atom. The van der Waals surface area contributed by atoms with Crippen LogP contribution in [0.15, 0.2) is 18.2 Å². The molecule has 0 spiro atoms. The molecule has 0 saturated carbocycles. The number of carbonyl (C=O) groups is 1. The van der Waals surface area contributed by atoms with E-state index in [4.69, 9.17) is 5.84 Å². The number of nitro benzene ring substituents is 1. The minimum atomic E-state index is -0.615. The molecule has 0 heterocycles. The van der Waals surface area contributed by atoms with Crippen LogP contribution in [-0.2, 0) is 0 Å². The lowest BCUT2D eigenvalue weighted by atomic mass is 10.1. The Labute approximate surface area is 111 Å². The number of nitrogens with one attached hydrogen (secondary N) is 2. The SMILES string of the molecule is CCCCCNC(=O)c1cccc(NN)c1[N+](=O)[O-]. The molecular weight excluding hydrogens is 248 g/mol. The van der Waals surface area contributed by atoms with Crippen molar-refractivity contribution in [3.05, 3.63) is 33.9 Å². The van der Waals surface area contributed by atoms with E-state index in [0.29, 0.717) is 6.54 Å². The number of nitrogen functional groups attached to an aromatic ring is 1. The Balaban J connectivity index is 2.87. The summed E-state index contributed by atoms with van der Waals surface area (Å²) in [5, 5.41) is 13.7. The number of nitrogens with zero attached hydrogens (tertiary/aromatic N) is 1. The van der Waals surface area contributed by atoms with Crippen molar-refractivity contribution in [2.75, 3.05) is 12.0 Å². The number of amides is 1. The lowest BCUT2D eigenvalue weighted by Crippen LogP contribution is -2.25. The largest absolute Gasteiger partial charge is 0.352 e. The van der Waals surface area contributed by atoms with Gasteiger partial charge >= 0.3 is 5.69 Å². The summed E-state index contributed by atoms with van der Waals surface area (Å²) in [6.45, 7) is 2.56. The van der Waals surface area contributed by atoms with Crippen LogP contribution >= 0.6 is 0 Å². The van der Waals surface area contributed by atoms with E-state index in [1.54, 1.807) is 6.07 Å². The summed E-state index contributed by atoms with van der Waals surface area (Å²) in [4.78, 5) is 22.3. The molecule has 4 N–H and O–H groups in total. The molecule has 1 rings (SSSR count). The van der Waals surface area contributed by atoms with Gasteiger partial charge in [0.1, 0.15) is 11.3 Å². The Bertz CT molecular complexity index is 462. The van der Waals surface area contributed by atoms with E-state index in [9.17, 15) is 14.9 Å². The van der Waals surface area contributed by atoms with Crippen LogP contribution in [0.1, 0.15) is 36.5 Å². The fourth-order valence-corrected chi connectivity index (χ4v) is 1.71. The van der Waals surface area contributed by atoms with E-state index in [0.717, 1.165) is 19.3 Å². The third kappa shape index (κ3) is 3.92. The number of carbonyl (C=O) groups excluding carboxylic acids is 1. The summed E-state index contributed by atoms with van der Waals surface area (Å²) in [6.07, 6.45) is 2.90. The Kier molecular flexibility index (Phi) is 5.74. The summed E-state index contributed by atoms with van der Waals surface area (Å²) < 4.78 is 0. The number of anilines is 1. The van der Waals surface area contributed by atoms with Gasteiger partial charge in [-0.2, -0.15) is 0 Å². The minimum Gasteiger partial charge on any atom is -0.352 e. The van der Waals surface area contributed by atoms with Gasteiger partial charge in [0.05, 0.1) is 4.92 Å². The Hall–Kier alpha value is -2.15. The molecule has 1 aromatic carbocycles. The zero-order valence-electron chi connectivity index (χ0n) is 10.8. The van der Waals surface area contributed by atoms with Crippen molar-refractivity contribution in [1.82, 2.24) is 5.32 Å². The number of benzene rings is 1. The molecule has 0 unspecified atom stereocenters. The van der Waals surface area contributed by atoms with Crippen molar-refractivity contribution in [3.8, 4) is 0 Å². The Morgan fingerprint density at radius 1 is 1.42 bits per heavy atom. The molecule has 0 fully saturated rings. The second kappa shape index (κ2) is 7.32. The molecule has 0 bridgehead atoms. The van der Waals surface area contributed by atoms with E-state index < -0.39 is 10.8 Å². The van der Waals surface area contributed by atoms with Crippen LogP contribution in [0.4, 0.5) is 11.4 Å². The first-order valence-electron chi connectivity index (χ1n) is 6.14. The molecule has 7 heteroatoms. The van der Waals surface area contributed by atoms with Gasteiger partial charge in [-0.3, -0.25) is 20.8 Å². The Morgan fingerprint density at radius 2 is 2.16 bits per heavy atom. The number of hydrogen-bond donors (Lipinski definition) is 3. The van der Waals surface area contributed by atoms with Gasteiger partial charge in [-0.05, 0) is 18.6 Å². The van der Waals surface area contributed by atoms with Crippen LogP contribution in [0.5, 0.6) is 0 Å². The molecule has 7 nitrogen and oxygen atoms in total. The van der Waals surface area contributed by atoms with Crippen molar-refractivity contribution in [1.29, 1.82) is 0 Å². The molecule has 0 aromatic heterocycles. The topological polar surface area (TPSA) is 110 Å². The number of rotatable bonds is 7. The highest BCUT2D eigenvalue weighted by Gasteiger charge is 2.23. The van der Waals surface area contributed by atoms with Crippen LogP contribution in [-0.4, -0.2) is 17.4 Å². The quantitative estimate of drug-likeness (QED) is 0.301. The predicted molar refractivity (Wildman–Crippen MR) is 72.8 cm³/mol. The molecule has 104 valence electrons. The van der Waals surface area contributed by atoms with Gasteiger partial charge in [0.25, 0.3) is 5.91 Å². The summed E-state index contributed by atoms with van der Waals surface area (Å²) in [5.74, 6) is 4.75. The molecule has 0 radical (unpaired) electrons. The van der Waals surface area contributed by atoms with Crippen molar-refractivity contribution in [3.63, 3.8) is 0 Å². The third-order valence-corrected chi connectivity index (χ3v) is 2.68. The monoisotopic (exact) mass is 266 g/mol. The van der Waals surface area contributed by atoms with Crippen molar-refractivity contribution < 1.29 is 9.72 Å². The molecule has 1 amide bonds. The molecule has 0 atom stereocenters. The minimum absolute atomic E-state index is 0.0111. The maximum Gasteiger partial charge on any atom is 0.306 e. The third-order valence-electron chi connectivity index (χ3n) is 2.68. The summed E-state index contributed by atoms with van der Waals surface area (Å²) in [5.41, 5.74) is 2.05. The summed E-state index contributed by atoms with van der Waals surface area (Å²) in [7, 11) is 0. The van der Waals surface area contributed by atoms with E-state index >= 15 is 0 Å². The van der Waals surface area contributed by atoms with E-state index in [-0.39, 0.29) is 16.9 Å². The molecular formula is C12H18N4O3. The van der Waals surface area contributed by atoms with E-state index in [2.05, 4.69) is 17.7 Å². The van der Waals surface area contributed by atoms with Crippen LogP contribution < -0.4 is 16.6 Å². The molecule has 0 aliphatic rings. The number of para-hydroxylation sites is 1. The molecule has 19 heavy (non-hydrogen) atoms. The van der Waals surface area contributed by atoms with Gasteiger partial charge in [-0.1, -0.05) is 25.8 Å². The average Bonchev–Trinajstić information content (AvgIpc) is 2.42. The van der Waals surface area contributed by atoms with E-state index in [1.165, 1.54) is 12.1 Å². The zero-order chi connectivity index (χ0) is 14.3. The maximum absolute atomic E-state index is 11.9. The molecule has 0 aliphatic carbocycles. The number of nitrogens with two attached hydrogens (primary N) is 1. The highest BCUT2D eigenvalue weighted by molar-refractivity contribution is 6.00. The average molecular weight is 266 g/mol. The zero-order valence-corrected chi connectivity index (χ0v) is 10.8. The highest BCUT2D eigenvalue weighted by Crippen LogP contribution is 2.27. The lowest BCUT2D eigenvalue weighted by Gasteiger charge is -2.08. The van der Waals surface area contributed by atoms with Gasteiger partial charge < -0.3 is 10.7 Å².